The third-order valence-electron chi connectivity index (χ3n) is 5.12. The highest BCUT2D eigenvalue weighted by Gasteiger charge is 2.27. The summed E-state index contributed by atoms with van der Waals surface area (Å²) in [6.07, 6.45) is 0. The van der Waals surface area contributed by atoms with Crippen molar-refractivity contribution in [3.05, 3.63) is 52.2 Å². The Hall–Kier alpha value is -2.42. The molecule has 1 aromatic carbocycles. The number of quaternary nitrogens is 1. The lowest BCUT2D eigenvalue weighted by molar-refractivity contribution is -0.937. The highest BCUT2D eigenvalue weighted by Crippen LogP contribution is 2.16. The molecule has 0 aliphatic carbocycles. The van der Waals surface area contributed by atoms with Crippen molar-refractivity contribution in [1.29, 1.82) is 0 Å². The smallest absolute Gasteiger partial charge is 0.309 e. The van der Waals surface area contributed by atoms with Crippen LogP contribution in [-0.4, -0.2) is 58.8 Å². The van der Waals surface area contributed by atoms with Gasteiger partial charge in [-0.05, 0) is 23.6 Å². The molecule has 2 amide bonds. The second kappa shape index (κ2) is 10.4. The number of thiophene rings is 1. The van der Waals surface area contributed by atoms with Gasteiger partial charge in [0, 0.05) is 30.2 Å². The summed E-state index contributed by atoms with van der Waals surface area (Å²) >= 11 is 1.55. The molecule has 156 valence electrons. The van der Waals surface area contributed by atoms with Gasteiger partial charge in [0.25, 0.3) is 0 Å². The van der Waals surface area contributed by atoms with E-state index in [0.717, 1.165) is 29.2 Å². The summed E-state index contributed by atoms with van der Waals surface area (Å²) in [5.74, 6) is -1.19. The minimum absolute atomic E-state index is 0.0733. The number of carbonyl (C=O) groups excluding carboxylic acids is 2. The number of nitrogens with zero attached hydrogens (tertiary/aromatic N) is 1. The van der Waals surface area contributed by atoms with Crippen molar-refractivity contribution in [2.75, 3.05) is 51.8 Å². The van der Waals surface area contributed by atoms with Crippen LogP contribution in [0.2, 0.25) is 0 Å². The standard InChI is InChI=1S/C21H28N4O3S/c1-24(2)17-7-5-16(6-8-17)19(25-9-11-28-12-10-25)15-23-21(27)20(26)22-14-18-4-3-13-29-18/h3-8,13,19H,9-12,14-15H2,1-2H3,(H,22,26)(H,23,27)/p+1/t19-/m0/s1. The van der Waals surface area contributed by atoms with Gasteiger partial charge in [-0.25, -0.2) is 0 Å². The van der Waals surface area contributed by atoms with Crippen LogP contribution in [-0.2, 0) is 20.9 Å². The van der Waals surface area contributed by atoms with Gasteiger partial charge < -0.3 is 25.2 Å². The van der Waals surface area contributed by atoms with Gasteiger partial charge in [0.1, 0.15) is 19.1 Å². The summed E-state index contributed by atoms with van der Waals surface area (Å²) in [6.45, 7) is 3.94. The third kappa shape index (κ3) is 6.03. The number of amides is 2. The number of anilines is 1. The highest BCUT2D eigenvalue weighted by atomic mass is 32.1. The van der Waals surface area contributed by atoms with Crippen molar-refractivity contribution in [1.82, 2.24) is 10.6 Å². The van der Waals surface area contributed by atoms with Gasteiger partial charge in [0.15, 0.2) is 0 Å². The van der Waals surface area contributed by atoms with Gasteiger partial charge >= 0.3 is 11.8 Å². The zero-order valence-electron chi connectivity index (χ0n) is 16.9. The summed E-state index contributed by atoms with van der Waals surface area (Å²) in [7, 11) is 4.02. The molecule has 0 unspecified atom stereocenters. The van der Waals surface area contributed by atoms with Crippen molar-refractivity contribution in [3.63, 3.8) is 0 Å². The first kappa shape index (κ1) is 21.3. The fraction of sp³-hybridized carbons (Fsp3) is 0.429. The monoisotopic (exact) mass is 417 g/mol. The molecule has 3 rings (SSSR count). The van der Waals surface area contributed by atoms with E-state index < -0.39 is 11.8 Å². The Morgan fingerprint density at radius 3 is 2.41 bits per heavy atom. The molecule has 8 heteroatoms. The van der Waals surface area contributed by atoms with Crippen LogP contribution in [0.3, 0.4) is 0 Å². The lowest BCUT2D eigenvalue weighted by atomic mass is 10.0. The Morgan fingerprint density at radius 1 is 1.10 bits per heavy atom. The summed E-state index contributed by atoms with van der Waals surface area (Å²) in [4.78, 5) is 28.9. The Kier molecular flexibility index (Phi) is 7.62. The molecule has 1 fully saturated rings. The first-order chi connectivity index (χ1) is 14.0. The quantitative estimate of drug-likeness (QED) is 0.563. The summed E-state index contributed by atoms with van der Waals surface area (Å²) in [5.41, 5.74) is 2.27. The van der Waals surface area contributed by atoms with Crippen LogP contribution in [0.1, 0.15) is 16.5 Å². The van der Waals surface area contributed by atoms with Gasteiger partial charge in [-0.2, -0.15) is 0 Å². The molecule has 1 saturated heterocycles. The van der Waals surface area contributed by atoms with Crippen LogP contribution in [0.5, 0.6) is 0 Å². The lowest BCUT2D eigenvalue weighted by Crippen LogP contribution is -3.15. The molecule has 1 atom stereocenters. The molecule has 2 aromatic rings. The summed E-state index contributed by atoms with van der Waals surface area (Å²) < 4.78 is 5.49. The minimum atomic E-state index is -0.600. The molecule has 29 heavy (non-hydrogen) atoms. The SMILES string of the molecule is CN(C)c1ccc([C@H](CNC(=O)C(=O)NCc2cccs2)[NH+]2CCOCC2)cc1. The molecule has 0 radical (unpaired) electrons. The van der Waals surface area contributed by atoms with Crippen LogP contribution in [0.25, 0.3) is 0 Å². The lowest BCUT2D eigenvalue weighted by Gasteiger charge is -2.32. The van der Waals surface area contributed by atoms with E-state index >= 15 is 0 Å². The van der Waals surface area contributed by atoms with Crippen LogP contribution in [0, 0.1) is 0 Å². The zero-order chi connectivity index (χ0) is 20.6. The van der Waals surface area contributed by atoms with Gasteiger partial charge in [-0.1, -0.05) is 18.2 Å². The van der Waals surface area contributed by atoms with Crippen molar-refractivity contribution in [3.8, 4) is 0 Å². The second-order valence-corrected chi connectivity index (χ2v) is 8.31. The van der Waals surface area contributed by atoms with Crippen LogP contribution in [0.4, 0.5) is 5.69 Å². The van der Waals surface area contributed by atoms with E-state index in [1.165, 1.54) is 4.90 Å². The van der Waals surface area contributed by atoms with Crippen LogP contribution < -0.4 is 20.4 Å². The Labute approximate surface area is 175 Å². The number of hydrogen-bond acceptors (Lipinski definition) is 5. The van der Waals surface area contributed by atoms with Crippen molar-refractivity contribution in [2.45, 2.75) is 12.6 Å². The molecule has 2 heterocycles. The Balaban J connectivity index is 1.61. The molecule has 7 nitrogen and oxygen atoms in total. The van der Waals surface area contributed by atoms with Gasteiger partial charge in [0.2, 0.25) is 0 Å². The fourth-order valence-electron chi connectivity index (χ4n) is 3.42. The van der Waals surface area contributed by atoms with Crippen molar-refractivity contribution >= 4 is 28.8 Å². The van der Waals surface area contributed by atoms with Gasteiger partial charge in [-0.3, -0.25) is 9.59 Å². The van der Waals surface area contributed by atoms with Gasteiger partial charge in [-0.15, -0.1) is 11.3 Å². The van der Waals surface area contributed by atoms with Crippen molar-refractivity contribution in [2.24, 2.45) is 0 Å². The highest BCUT2D eigenvalue weighted by molar-refractivity contribution is 7.09. The number of hydrogen-bond donors (Lipinski definition) is 3. The number of morpholine rings is 1. The molecule has 0 saturated carbocycles. The average Bonchev–Trinajstić information content (AvgIpc) is 3.27. The van der Waals surface area contributed by atoms with E-state index in [4.69, 9.17) is 4.74 Å². The maximum absolute atomic E-state index is 12.3. The van der Waals surface area contributed by atoms with Gasteiger partial charge in [0.05, 0.1) is 26.3 Å². The molecule has 1 aromatic heterocycles. The van der Waals surface area contributed by atoms with Crippen molar-refractivity contribution < 1.29 is 19.2 Å². The number of benzene rings is 1. The first-order valence-electron chi connectivity index (χ1n) is 9.82. The van der Waals surface area contributed by atoms with E-state index in [1.54, 1.807) is 11.3 Å². The molecule has 3 N–H and O–H groups in total. The van der Waals surface area contributed by atoms with E-state index in [0.29, 0.717) is 26.3 Å². The normalized spacial score (nSPS) is 15.5. The molecule has 1 aliphatic heterocycles. The maximum Gasteiger partial charge on any atom is 0.309 e. The molecular formula is C21H29N4O3S+. The average molecular weight is 418 g/mol. The first-order valence-corrected chi connectivity index (χ1v) is 10.7. The predicted octanol–water partition coefficient (Wildman–Crippen LogP) is 0.203. The number of carbonyl (C=O) groups is 2. The molecular weight excluding hydrogens is 388 g/mol. The largest absolute Gasteiger partial charge is 0.378 e. The molecule has 1 aliphatic rings. The summed E-state index contributed by atoms with van der Waals surface area (Å²) in [5, 5.41) is 7.44. The summed E-state index contributed by atoms with van der Waals surface area (Å²) in [6, 6.07) is 12.3. The number of rotatable bonds is 7. The number of ether oxygens (including phenoxy) is 1. The third-order valence-corrected chi connectivity index (χ3v) is 5.99. The number of nitrogens with one attached hydrogen (secondary N) is 3. The minimum Gasteiger partial charge on any atom is -0.378 e. The van der Waals surface area contributed by atoms with Crippen LogP contribution in [0.15, 0.2) is 41.8 Å². The fourth-order valence-corrected chi connectivity index (χ4v) is 4.07. The van der Waals surface area contributed by atoms with Crippen LogP contribution >= 0.6 is 11.3 Å². The zero-order valence-corrected chi connectivity index (χ0v) is 17.8. The second-order valence-electron chi connectivity index (χ2n) is 7.28. The maximum atomic E-state index is 12.3. The van der Waals surface area contributed by atoms with E-state index in [-0.39, 0.29) is 6.04 Å². The van der Waals surface area contributed by atoms with E-state index in [9.17, 15) is 9.59 Å². The van der Waals surface area contributed by atoms with E-state index in [1.807, 2.05) is 31.6 Å². The topological polar surface area (TPSA) is 75.1 Å². The molecule has 0 bridgehead atoms. The Morgan fingerprint density at radius 2 is 1.79 bits per heavy atom. The predicted molar refractivity (Wildman–Crippen MR) is 114 cm³/mol. The Bertz CT molecular complexity index is 787. The van der Waals surface area contributed by atoms with E-state index in [2.05, 4.69) is 39.8 Å². The molecule has 0 spiro atoms.